The van der Waals surface area contributed by atoms with Crippen LogP contribution in [0.5, 0.6) is 0 Å². The lowest BCUT2D eigenvalue weighted by molar-refractivity contribution is -0.138. The van der Waals surface area contributed by atoms with E-state index in [1.165, 1.54) is 0 Å². The van der Waals surface area contributed by atoms with E-state index in [0.29, 0.717) is 13.1 Å². The van der Waals surface area contributed by atoms with Gasteiger partial charge in [-0.25, -0.2) is 4.79 Å². The molecule has 0 bridgehead atoms. The summed E-state index contributed by atoms with van der Waals surface area (Å²) in [6.07, 6.45) is 1.83. The van der Waals surface area contributed by atoms with Crippen LogP contribution < -0.4 is 5.32 Å². The van der Waals surface area contributed by atoms with Crippen LogP contribution in [0.25, 0.3) is 0 Å². The summed E-state index contributed by atoms with van der Waals surface area (Å²) < 4.78 is 5.33. The second-order valence-electron chi connectivity index (χ2n) is 5.81. The van der Waals surface area contributed by atoms with Gasteiger partial charge in [0.05, 0.1) is 6.42 Å². The molecule has 0 aromatic carbocycles. The van der Waals surface area contributed by atoms with Gasteiger partial charge in [-0.15, -0.1) is 0 Å². The average Bonchev–Trinajstić information content (AvgIpc) is 2.37. The molecule has 1 fully saturated rings. The maximum atomic E-state index is 12.2. The fraction of sp³-hybridized carbons (Fsp3) is 0.857. The van der Waals surface area contributed by atoms with E-state index < -0.39 is 5.97 Å². The number of carboxylic acid groups (broad SMARTS) is 1. The summed E-state index contributed by atoms with van der Waals surface area (Å²) in [6.45, 7) is 8.33. The SMILES string of the molecule is CCN(C(=O)NCC1(C)CCOCC1)C(C)CC(=O)O. The zero-order valence-corrected chi connectivity index (χ0v) is 12.6. The first-order chi connectivity index (χ1) is 9.38. The molecular formula is C14H26N2O4. The van der Waals surface area contributed by atoms with Crippen molar-refractivity contribution in [2.75, 3.05) is 26.3 Å². The maximum Gasteiger partial charge on any atom is 0.317 e. The lowest BCUT2D eigenvalue weighted by atomic mass is 9.82. The highest BCUT2D eigenvalue weighted by Crippen LogP contribution is 2.28. The molecule has 1 saturated heterocycles. The van der Waals surface area contributed by atoms with Crippen LogP contribution in [0.2, 0.25) is 0 Å². The number of carboxylic acids is 1. The smallest absolute Gasteiger partial charge is 0.317 e. The Hall–Kier alpha value is -1.30. The van der Waals surface area contributed by atoms with Gasteiger partial charge < -0.3 is 20.1 Å². The van der Waals surface area contributed by atoms with Crippen molar-refractivity contribution in [3.63, 3.8) is 0 Å². The molecule has 1 aliphatic rings. The van der Waals surface area contributed by atoms with E-state index in [-0.39, 0.29) is 23.9 Å². The third-order valence-corrected chi connectivity index (χ3v) is 3.97. The number of nitrogens with zero attached hydrogens (tertiary/aromatic N) is 1. The first-order valence-corrected chi connectivity index (χ1v) is 7.22. The number of amides is 2. The lowest BCUT2D eigenvalue weighted by Gasteiger charge is -2.35. The molecule has 2 amide bonds. The number of carbonyl (C=O) groups excluding carboxylic acids is 1. The number of carbonyl (C=O) groups is 2. The van der Waals surface area contributed by atoms with Gasteiger partial charge in [0.1, 0.15) is 0 Å². The molecule has 1 rings (SSSR count). The molecule has 116 valence electrons. The third-order valence-electron chi connectivity index (χ3n) is 3.97. The summed E-state index contributed by atoms with van der Waals surface area (Å²) in [7, 11) is 0. The monoisotopic (exact) mass is 286 g/mol. The minimum absolute atomic E-state index is 0.0353. The number of aliphatic carboxylic acids is 1. The summed E-state index contributed by atoms with van der Waals surface area (Å²) in [5, 5.41) is 11.7. The highest BCUT2D eigenvalue weighted by atomic mass is 16.5. The Balaban J connectivity index is 2.48. The summed E-state index contributed by atoms with van der Waals surface area (Å²) in [5.74, 6) is -0.889. The molecular weight excluding hydrogens is 260 g/mol. The minimum atomic E-state index is -0.889. The van der Waals surface area contributed by atoms with E-state index in [2.05, 4.69) is 12.2 Å². The molecule has 0 saturated carbocycles. The van der Waals surface area contributed by atoms with Gasteiger partial charge in [0.25, 0.3) is 0 Å². The molecule has 1 aliphatic heterocycles. The second kappa shape index (κ2) is 7.47. The van der Waals surface area contributed by atoms with Gasteiger partial charge in [0.15, 0.2) is 0 Å². The Morgan fingerprint density at radius 2 is 2.00 bits per heavy atom. The van der Waals surface area contributed by atoms with Gasteiger partial charge >= 0.3 is 12.0 Å². The van der Waals surface area contributed by atoms with Crippen LogP contribution in [0.15, 0.2) is 0 Å². The molecule has 6 heteroatoms. The van der Waals surface area contributed by atoms with Gasteiger partial charge in [0, 0.05) is 32.3 Å². The molecule has 0 radical (unpaired) electrons. The van der Waals surface area contributed by atoms with E-state index >= 15 is 0 Å². The van der Waals surface area contributed by atoms with E-state index in [9.17, 15) is 9.59 Å². The zero-order chi connectivity index (χ0) is 15.2. The predicted octanol–water partition coefficient (Wildman–Crippen LogP) is 1.70. The van der Waals surface area contributed by atoms with Crippen molar-refractivity contribution in [2.45, 2.75) is 46.1 Å². The number of nitrogens with one attached hydrogen (secondary N) is 1. The van der Waals surface area contributed by atoms with Crippen molar-refractivity contribution in [2.24, 2.45) is 5.41 Å². The Morgan fingerprint density at radius 3 is 2.50 bits per heavy atom. The van der Waals surface area contributed by atoms with Crippen molar-refractivity contribution in [1.82, 2.24) is 10.2 Å². The molecule has 0 aliphatic carbocycles. The number of rotatable bonds is 6. The van der Waals surface area contributed by atoms with Crippen molar-refractivity contribution < 1.29 is 19.4 Å². The van der Waals surface area contributed by atoms with Crippen molar-refractivity contribution in [3.05, 3.63) is 0 Å². The quantitative estimate of drug-likeness (QED) is 0.779. The molecule has 0 spiro atoms. The van der Waals surface area contributed by atoms with Crippen LogP contribution in [-0.4, -0.2) is 54.4 Å². The normalized spacial score (nSPS) is 19.1. The molecule has 0 aromatic heterocycles. The fourth-order valence-electron chi connectivity index (χ4n) is 2.45. The van der Waals surface area contributed by atoms with Crippen LogP contribution in [0.3, 0.4) is 0 Å². The third kappa shape index (κ3) is 5.00. The molecule has 1 heterocycles. The first-order valence-electron chi connectivity index (χ1n) is 7.22. The van der Waals surface area contributed by atoms with E-state index in [0.717, 1.165) is 26.1 Å². The van der Waals surface area contributed by atoms with E-state index in [1.807, 2.05) is 6.92 Å². The number of hydrogen-bond acceptors (Lipinski definition) is 3. The molecule has 1 unspecified atom stereocenters. The van der Waals surface area contributed by atoms with Crippen LogP contribution >= 0.6 is 0 Å². The maximum absolute atomic E-state index is 12.2. The fourth-order valence-corrected chi connectivity index (χ4v) is 2.45. The molecule has 1 atom stereocenters. The summed E-state index contributed by atoms with van der Waals surface area (Å²) in [5.41, 5.74) is 0.0728. The summed E-state index contributed by atoms with van der Waals surface area (Å²) >= 11 is 0. The number of ether oxygens (including phenoxy) is 1. The first kappa shape index (κ1) is 16.8. The predicted molar refractivity (Wildman–Crippen MR) is 75.7 cm³/mol. The Morgan fingerprint density at radius 1 is 1.40 bits per heavy atom. The van der Waals surface area contributed by atoms with E-state index in [4.69, 9.17) is 9.84 Å². The lowest BCUT2D eigenvalue weighted by Crippen LogP contribution is -2.49. The van der Waals surface area contributed by atoms with Crippen LogP contribution in [0.1, 0.15) is 40.0 Å². The number of urea groups is 1. The van der Waals surface area contributed by atoms with Gasteiger partial charge in [0.2, 0.25) is 0 Å². The molecule has 20 heavy (non-hydrogen) atoms. The van der Waals surface area contributed by atoms with Crippen LogP contribution in [0.4, 0.5) is 4.79 Å². The zero-order valence-electron chi connectivity index (χ0n) is 12.6. The van der Waals surface area contributed by atoms with Crippen LogP contribution in [-0.2, 0) is 9.53 Å². The highest BCUT2D eigenvalue weighted by molar-refractivity contribution is 5.75. The Bertz CT molecular complexity index is 340. The highest BCUT2D eigenvalue weighted by Gasteiger charge is 2.29. The molecule has 0 aromatic rings. The summed E-state index contributed by atoms with van der Waals surface area (Å²) in [4.78, 5) is 24.5. The van der Waals surface area contributed by atoms with E-state index in [1.54, 1.807) is 11.8 Å². The van der Waals surface area contributed by atoms with Gasteiger partial charge in [-0.05, 0) is 32.1 Å². The van der Waals surface area contributed by atoms with Gasteiger partial charge in [-0.3, -0.25) is 4.79 Å². The van der Waals surface area contributed by atoms with Gasteiger partial charge in [-0.1, -0.05) is 6.92 Å². The van der Waals surface area contributed by atoms with Crippen LogP contribution in [0, 0.1) is 5.41 Å². The van der Waals surface area contributed by atoms with Gasteiger partial charge in [-0.2, -0.15) is 0 Å². The summed E-state index contributed by atoms with van der Waals surface area (Å²) in [6, 6.07) is -0.492. The topological polar surface area (TPSA) is 78.9 Å². The second-order valence-corrected chi connectivity index (χ2v) is 5.81. The average molecular weight is 286 g/mol. The molecule has 6 nitrogen and oxygen atoms in total. The Labute approximate surface area is 120 Å². The van der Waals surface area contributed by atoms with Crippen molar-refractivity contribution in [1.29, 1.82) is 0 Å². The van der Waals surface area contributed by atoms with Crippen molar-refractivity contribution >= 4 is 12.0 Å². The van der Waals surface area contributed by atoms with Crippen molar-refractivity contribution in [3.8, 4) is 0 Å². The Kier molecular flexibility index (Phi) is 6.26. The largest absolute Gasteiger partial charge is 0.481 e. The minimum Gasteiger partial charge on any atom is -0.481 e. The number of hydrogen-bond donors (Lipinski definition) is 2. The standard InChI is InChI=1S/C14H26N2O4/c1-4-16(11(2)9-12(17)18)13(19)15-10-14(3)5-7-20-8-6-14/h11H,4-10H2,1-3H3,(H,15,19)(H,17,18). The molecule has 2 N–H and O–H groups in total.